The molecule has 1 aromatic rings. The van der Waals surface area contributed by atoms with Gasteiger partial charge in [0.15, 0.2) is 0 Å². The second-order valence-corrected chi connectivity index (χ2v) is 6.31. The monoisotopic (exact) mass is 343 g/mol. The van der Waals surface area contributed by atoms with Gasteiger partial charge in [0.05, 0.1) is 28.8 Å². The van der Waals surface area contributed by atoms with Crippen LogP contribution in [0.2, 0.25) is 0 Å². The summed E-state index contributed by atoms with van der Waals surface area (Å²) in [6.07, 6.45) is -2.98. The molecule has 0 saturated heterocycles. The molecule has 0 heterocycles. The Morgan fingerprint density at radius 3 is 2.46 bits per heavy atom. The molecular formula is C16H16F3NO4. The maximum atomic E-state index is 13.2. The van der Waals surface area contributed by atoms with Gasteiger partial charge in [-0.15, -0.1) is 0 Å². The Hall–Kier alpha value is -2.09. The van der Waals surface area contributed by atoms with Crippen LogP contribution in [0.4, 0.5) is 13.2 Å². The number of benzene rings is 1. The number of carbonyl (C=O) groups excluding carboxylic acids is 1. The molecule has 8 heteroatoms. The molecule has 0 aliphatic heterocycles. The largest absolute Gasteiger partial charge is 0.478 e. The number of aromatic carboxylic acids is 1. The first-order valence-corrected chi connectivity index (χ1v) is 7.63. The summed E-state index contributed by atoms with van der Waals surface area (Å²) in [4.78, 5) is 23.1. The van der Waals surface area contributed by atoms with E-state index in [4.69, 9.17) is 5.11 Å². The lowest BCUT2D eigenvalue weighted by molar-refractivity contribution is -0.138. The number of fused-ring (bicyclic) bond motifs is 1. The van der Waals surface area contributed by atoms with Crippen molar-refractivity contribution in [3.05, 3.63) is 34.9 Å². The minimum Gasteiger partial charge on any atom is -0.478 e. The van der Waals surface area contributed by atoms with E-state index >= 15 is 0 Å². The van der Waals surface area contributed by atoms with E-state index in [1.807, 2.05) is 0 Å². The molecule has 2 aliphatic carbocycles. The number of carbonyl (C=O) groups is 2. The smallest absolute Gasteiger partial charge is 0.417 e. The van der Waals surface area contributed by atoms with Crippen LogP contribution < -0.4 is 5.32 Å². The van der Waals surface area contributed by atoms with Gasteiger partial charge in [-0.1, -0.05) is 6.42 Å². The average Bonchev–Trinajstić information content (AvgIpc) is 2.95. The molecule has 4 atom stereocenters. The second kappa shape index (κ2) is 5.77. The first kappa shape index (κ1) is 16.8. The van der Waals surface area contributed by atoms with Gasteiger partial charge in [0.25, 0.3) is 5.91 Å². The zero-order chi connectivity index (χ0) is 17.6. The molecule has 1 aromatic carbocycles. The molecule has 1 amide bonds. The van der Waals surface area contributed by atoms with E-state index in [-0.39, 0.29) is 11.8 Å². The molecule has 2 aliphatic rings. The Morgan fingerprint density at radius 2 is 1.83 bits per heavy atom. The highest BCUT2D eigenvalue weighted by Gasteiger charge is 2.52. The molecule has 3 rings (SSSR count). The zero-order valence-corrected chi connectivity index (χ0v) is 12.5. The lowest BCUT2D eigenvalue weighted by Crippen LogP contribution is -2.61. The molecule has 130 valence electrons. The van der Waals surface area contributed by atoms with E-state index < -0.39 is 46.9 Å². The maximum Gasteiger partial charge on any atom is 0.417 e. The predicted octanol–water partition coefficient (Wildman–Crippen LogP) is 2.29. The van der Waals surface area contributed by atoms with E-state index in [9.17, 15) is 27.9 Å². The zero-order valence-electron chi connectivity index (χ0n) is 12.5. The number of nitrogens with one attached hydrogen (secondary N) is 1. The topological polar surface area (TPSA) is 86.6 Å². The molecule has 0 radical (unpaired) electrons. The van der Waals surface area contributed by atoms with Gasteiger partial charge in [-0.05, 0) is 42.9 Å². The molecule has 5 nitrogen and oxygen atoms in total. The Bertz CT molecular complexity index is 688. The summed E-state index contributed by atoms with van der Waals surface area (Å²) in [5.41, 5.74) is -2.48. The van der Waals surface area contributed by atoms with Gasteiger partial charge in [0.1, 0.15) is 0 Å². The predicted molar refractivity (Wildman–Crippen MR) is 76.5 cm³/mol. The minimum atomic E-state index is -4.85. The number of alkyl halides is 3. The van der Waals surface area contributed by atoms with Crippen LogP contribution in [0, 0.1) is 11.8 Å². The van der Waals surface area contributed by atoms with Gasteiger partial charge >= 0.3 is 12.1 Å². The standard InChI is InChI=1S/C16H16F3NO4/c17-16(18,19)11-6-7(15(23)24)4-5-10(11)14(22)20-12-8-2-1-3-9(8)13(12)21/h4-6,8-9,12-13,21H,1-3H2,(H,20,22)(H,23,24)/t8-,9+,12-,13+/m1/s1. The van der Waals surface area contributed by atoms with Gasteiger partial charge in [0.2, 0.25) is 0 Å². The van der Waals surface area contributed by atoms with Gasteiger partial charge in [0, 0.05) is 0 Å². The fourth-order valence-electron chi connectivity index (χ4n) is 3.79. The van der Waals surface area contributed by atoms with E-state index in [1.54, 1.807) is 0 Å². The highest BCUT2D eigenvalue weighted by molar-refractivity contribution is 5.98. The molecule has 0 aromatic heterocycles. The number of amides is 1. The van der Waals surface area contributed by atoms with Crippen molar-refractivity contribution in [1.82, 2.24) is 5.32 Å². The van der Waals surface area contributed by atoms with Crippen molar-refractivity contribution in [2.24, 2.45) is 11.8 Å². The van der Waals surface area contributed by atoms with Crippen LogP contribution >= 0.6 is 0 Å². The maximum absolute atomic E-state index is 13.2. The third kappa shape index (κ3) is 2.75. The van der Waals surface area contributed by atoms with Gasteiger partial charge in [-0.25, -0.2) is 4.79 Å². The third-order valence-corrected chi connectivity index (χ3v) is 5.01. The normalized spacial score (nSPS) is 28.8. The fourth-order valence-corrected chi connectivity index (χ4v) is 3.79. The van der Waals surface area contributed by atoms with Crippen molar-refractivity contribution in [2.75, 3.05) is 0 Å². The van der Waals surface area contributed by atoms with Crippen LogP contribution in [0.5, 0.6) is 0 Å². The molecule has 0 bridgehead atoms. The molecule has 3 N–H and O–H groups in total. The summed E-state index contributed by atoms with van der Waals surface area (Å²) in [6.45, 7) is 0. The number of rotatable bonds is 3. The van der Waals surface area contributed by atoms with Crippen LogP contribution in [-0.4, -0.2) is 34.2 Å². The van der Waals surface area contributed by atoms with Crippen molar-refractivity contribution in [3.8, 4) is 0 Å². The number of aliphatic hydroxyl groups is 1. The summed E-state index contributed by atoms with van der Waals surface area (Å²) >= 11 is 0. The summed E-state index contributed by atoms with van der Waals surface area (Å²) in [7, 11) is 0. The minimum absolute atomic E-state index is 0.0941. The van der Waals surface area contributed by atoms with Crippen LogP contribution in [0.3, 0.4) is 0 Å². The lowest BCUT2D eigenvalue weighted by atomic mass is 9.68. The van der Waals surface area contributed by atoms with E-state index in [0.717, 1.165) is 31.4 Å². The Morgan fingerprint density at radius 1 is 1.17 bits per heavy atom. The van der Waals surface area contributed by atoms with Gasteiger partial charge in [-0.2, -0.15) is 13.2 Å². The summed E-state index contributed by atoms with van der Waals surface area (Å²) in [5, 5.41) is 21.3. The fraction of sp³-hybridized carbons (Fsp3) is 0.500. The first-order valence-electron chi connectivity index (χ1n) is 7.63. The van der Waals surface area contributed by atoms with Crippen molar-refractivity contribution >= 4 is 11.9 Å². The molecule has 24 heavy (non-hydrogen) atoms. The molecular weight excluding hydrogens is 327 g/mol. The van der Waals surface area contributed by atoms with Crippen molar-refractivity contribution in [3.63, 3.8) is 0 Å². The van der Waals surface area contributed by atoms with E-state index in [1.165, 1.54) is 0 Å². The molecule has 2 saturated carbocycles. The lowest BCUT2D eigenvalue weighted by Gasteiger charge is -2.46. The number of carboxylic acids is 1. The summed E-state index contributed by atoms with van der Waals surface area (Å²) < 4.78 is 39.5. The Balaban J connectivity index is 1.85. The Kier molecular flexibility index (Phi) is 4.03. The number of aliphatic hydroxyl groups excluding tert-OH is 1. The second-order valence-electron chi connectivity index (χ2n) is 6.31. The summed E-state index contributed by atoms with van der Waals surface area (Å²) in [6, 6.07) is 1.72. The molecule has 0 spiro atoms. The summed E-state index contributed by atoms with van der Waals surface area (Å²) in [5.74, 6) is -2.26. The third-order valence-electron chi connectivity index (χ3n) is 5.01. The quantitative estimate of drug-likeness (QED) is 0.786. The highest BCUT2D eigenvalue weighted by atomic mass is 19.4. The van der Waals surface area contributed by atoms with E-state index in [2.05, 4.69) is 5.32 Å². The first-order chi connectivity index (χ1) is 11.2. The van der Waals surface area contributed by atoms with Crippen LogP contribution in [-0.2, 0) is 6.18 Å². The van der Waals surface area contributed by atoms with Crippen molar-refractivity contribution < 1.29 is 33.0 Å². The van der Waals surface area contributed by atoms with Crippen LogP contribution in [0.25, 0.3) is 0 Å². The highest BCUT2D eigenvalue weighted by Crippen LogP contribution is 2.47. The molecule has 0 unspecified atom stereocenters. The van der Waals surface area contributed by atoms with Gasteiger partial charge < -0.3 is 15.5 Å². The van der Waals surface area contributed by atoms with Crippen LogP contribution in [0.15, 0.2) is 18.2 Å². The average molecular weight is 343 g/mol. The SMILES string of the molecule is O=C(O)c1ccc(C(=O)N[C@H]2[C@@H](O)[C@H]3CCC[C@H]32)c(C(F)(F)F)c1. The van der Waals surface area contributed by atoms with Crippen molar-refractivity contribution in [2.45, 2.75) is 37.6 Å². The number of carboxylic acid groups (broad SMARTS) is 1. The van der Waals surface area contributed by atoms with E-state index in [0.29, 0.717) is 6.07 Å². The number of hydrogen-bond acceptors (Lipinski definition) is 3. The number of hydrogen-bond donors (Lipinski definition) is 3. The van der Waals surface area contributed by atoms with Crippen molar-refractivity contribution in [1.29, 1.82) is 0 Å². The van der Waals surface area contributed by atoms with Crippen LogP contribution in [0.1, 0.15) is 45.5 Å². The Labute approximate surface area is 135 Å². The van der Waals surface area contributed by atoms with Gasteiger partial charge in [-0.3, -0.25) is 4.79 Å². The molecule has 2 fully saturated rings. The number of halogens is 3.